The minimum absolute atomic E-state index is 0.371. The Morgan fingerprint density at radius 2 is 1.67 bits per heavy atom. The van der Waals surface area contributed by atoms with Crippen LogP contribution in [-0.2, 0) is 4.74 Å². The quantitative estimate of drug-likeness (QED) is 0.461. The number of aromatic nitrogens is 1. The molecule has 0 saturated carbocycles. The Bertz CT molecular complexity index is 757. The van der Waals surface area contributed by atoms with Crippen molar-refractivity contribution in [3.05, 3.63) is 64.4 Å². The molecule has 0 aliphatic rings. The number of nitrogens with zero attached hydrogens (tertiary/aromatic N) is 1. The number of halogens is 1. The molecule has 0 amide bonds. The number of carbonyl (C=O) groups excluding carboxylic acids is 1. The molecular weight excluding hydrogens is 286 g/mol. The van der Waals surface area contributed by atoms with Gasteiger partial charge in [-0.05, 0) is 48.2 Å². The number of esters is 1. The fourth-order valence-corrected chi connectivity index (χ4v) is 1.58. The number of rotatable bonds is 1. The van der Waals surface area contributed by atoms with Crippen molar-refractivity contribution in [3.8, 4) is 23.7 Å². The molecule has 0 saturated heterocycles. The molecule has 102 valence electrons. The molecule has 0 bridgehead atoms. The van der Waals surface area contributed by atoms with Crippen molar-refractivity contribution in [1.29, 1.82) is 0 Å². The summed E-state index contributed by atoms with van der Waals surface area (Å²) in [5, 5.41) is 0.428. The molecule has 3 nitrogen and oxygen atoms in total. The van der Waals surface area contributed by atoms with Crippen LogP contribution in [0.3, 0.4) is 0 Å². The summed E-state index contributed by atoms with van der Waals surface area (Å²) in [7, 11) is 1.34. The van der Waals surface area contributed by atoms with Crippen molar-refractivity contribution in [1.82, 2.24) is 4.98 Å². The zero-order valence-corrected chi connectivity index (χ0v) is 11.9. The third-order valence-corrected chi connectivity index (χ3v) is 2.73. The summed E-state index contributed by atoms with van der Waals surface area (Å²) >= 11 is 5.68. The van der Waals surface area contributed by atoms with Crippen molar-refractivity contribution in [2.24, 2.45) is 0 Å². The van der Waals surface area contributed by atoms with Crippen LogP contribution in [0.2, 0.25) is 5.15 Å². The average molecular weight is 296 g/mol. The van der Waals surface area contributed by atoms with E-state index in [1.54, 1.807) is 42.6 Å². The van der Waals surface area contributed by atoms with E-state index in [0.29, 0.717) is 10.7 Å². The molecule has 1 aromatic carbocycles. The highest BCUT2D eigenvalue weighted by Gasteiger charge is 2.02. The van der Waals surface area contributed by atoms with Crippen LogP contribution in [0.1, 0.15) is 21.5 Å². The normalized spacial score (nSPS) is 8.86. The Hall–Kier alpha value is -2.75. The lowest BCUT2D eigenvalue weighted by Gasteiger charge is -1.97. The first-order valence-corrected chi connectivity index (χ1v) is 6.39. The second kappa shape index (κ2) is 7.14. The van der Waals surface area contributed by atoms with Crippen molar-refractivity contribution >= 4 is 17.6 Å². The average Bonchev–Trinajstić information content (AvgIpc) is 2.53. The number of ether oxygens (including phenoxy) is 1. The molecule has 0 atom stereocenters. The number of methoxy groups -OCH3 is 1. The molecule has 4 heteroatoms. The molecule has 0 N–H and O–H groups in total. The van der Waals surface area contributed by atoms with Crippen LogP contribution < -0.4 is 0 Å². The van der Waals surface area contributed by atoms with E-state index in [2.05, 4.69) is 33.4 Å². The van der Waals surface area contributed by atoms with Gasteiger partial charge in [0.25, 0.3) is 0 Å². The third-order valence-electron chi connectivity index (χ3n) is 2.51. The maximum absolute atomic E-state index is 11.3. The first-order chi connectivity index (χ1) is 10.2. The Labute approximate surface area is 127 Å². The Balaban J connectivity index is 2.06. The predicted molar refractivity (Wildman–Crippen MR) is 80.8 cm³/mol. The van der Waals surface area contributed by atoms with Gasteiger partial charge >= 0.3 is 5.97 Å². The number of benzene rings is 1. The Morgan fingerprint density at radius 3 is 2.24 bits per heavy atom. The fourth-order valence-electron chi connectivity index (χ4n) is 1.46. The largest absolute Gasteiger partial charge is 0.465 e. The molecule has 0 unspecified atom stereocenters. The predicted octanol–water partition coefficient (Wildman–Crippen LogP) is 2.92. The summed E-state index contributed by atoms with van der Waals surface area (Å²) in [6, 6.07) is 10.2. The minimum Gasteiger partial charge on any atom is -0.465 e. The third kappa shape index (κ3) is 4.38. The van der Waals surface area contributed by atoms with Gasteiger partial charge in [-0.2, -0.15) is 0 Å². The van der Waals surface area contributed by atoms with E-state index < -0.39 is 0 Å². The summed E-state index contributed by atoms with van der Waals surface area (Å²) in [4.78, 5) is 15.2. The van der Waals surface area contributed by atoms with Gasteiger partial charge in [-0.1, -0.05) is 23.4 Å². The summed E-state index contributed by atoms with van der Waals surface area (Å²) in [5.74, 6) is 10.9. The highest BCUT2D eigenvalue weighted by molar-refractivity contribution is 6.29. The van der Waals surface area contributed by atoms with E-state index >= 15 is 0 Å². The van der Waals surface area contributed by atoms with Crippen LogP contribution in [-0.4, -0.2) is 18.1 Å². The zero-order valence-electron chi connectivity index (χ0n) is 11.2. The number of hydrogen-bond donors (Lipinski definition) is 0. The summed E-state index contributed by atoms with van der Waals surface area (Å²) in [6.45, 7) is 0. The maximum Gasteiger partial charge on any atom is 0.337 e. The molecule has 21 heavy (non-hydrogen) atoms. The lowest BCUT2D eigenvalue weighted by Crippen LogP contribution is -2.00. The van der Waals surface area contributed by atoms with Gasteiger partial charge in [0.2, 0.25) is 0 Å². The molecule has 0 aliphatic carbocycles. The van der Waals surface area contributed by atoms with Gasteiger partial charge in [-0.15, -0.1) is 0 Å². The number of hydrogen-bond acceptors (Lipinski definition) is 3. The monoisotopic (exact) mass is 295 g/mol. The lowest BCUT2D eigenvalue weighted by atomic mass is 10.1. The van der Waals surface area contributed by atoms with E-state index in [1.165, 1.54) is 7.11 Å². The van der Waals surface area contributed by atoms with Crippen molar-refractivity contribution in [2.45, 2.75) is 0 Å². The van der Waals surface area contributed by atoms with Crippen LogP contribution in [0.4, 0.5) is 0 Å². The summed E-state index contributed by atoms with van der Waals surface area (Å²) in [6.07, 6.45) is 1.59. The van der Waals surface area contributed by atoms with E-state index in [1.807, 2.05) is 0 Å². The minimum atomic E-state index is -0.371. The Kier molecular flexibility index (Phi) is 4.99. The topological polar surface area (TPSA) is 39.2 Å². The van der Waals surface area contributed by atoms with Crippen LogP contribution in [0, 0.1) is 23.7 Å². The molecule has 0 spiro atoms. The van der Waals surface area contributed by atoms with E-state index in [9.17, 15) is 4.79 Å². The van der Waals surface area contributed by atoms with Crippen molar-refractivity contribution in [2.75, 3.05) is 7.11 Å². The van der Waals surface area contributed by atoms with Gasteiger partial charge < -0.3 is 4.74 Å². The second-order valence-electron chi connectivity index (χ2n) is 3.94. The molecule has 2 aromatic rings. The van der Waals surface area contributed by atoms with Gasteiger partial charge in [-0.3, -0.25) is 0 Å². The van der Waals surface area contributed by atoms with Crippen LogP contribution in [0.15, 0.2) is 42.6 Å². The van der Waals surface area contributed by atoms with Crippen LogP contribution in [0.25, 0.3) is 0 Å². The number of carbonyl (C=O) groups is 1. The highest BCUT2D eigenvalue weighted by atomic mass is 35.5. The summed E-state index contributed by atoms with van der Waals surface area (Å²) < 4.78 is 4.62. The molecule has 1 heterocycles. The lowest BCUT2D eigenvalue weighted by molar-refractivity contribution is 0.0601. The first-order valence-electron chi connectivity index (χ1n) is 6.01. The van der Waals surface area contributed by atoms with E-state index in [0.717, 1.165) is 11.1 Å². The first kappa shape index (κ1) is 14.7. The van der Waals surface area contributed by atoms with Gasteiger partial charge in [0.05, 0.1) is 12.7 Å². The molecule has 0 fully saturated rings. The number of pyridine rings is 1. The second-order valence-corrected chi connectivity index (χ2v) is 4.33. The van der Waals surface area contributed by atoms with Gasteiger partial charge in [0.1, 0.15) is 5.15 Å². The molecule has 0 radical (unpaired) electrons. The molecular formula is C17H10ClNO2. The van der Waals surface area contributed by atoms with Crippen LogP contribution in [0.5, 0.6) is 0 Å². The van der Waals surface area contributed by atoms with Crippen molar-refractivity contribution < 1.29 is 9.53 Å². The van der Waals surface area contributed by atoms with E-state index in [4.69, 9.17) is 11.6 Å². The van der Waals surface area contributed by atoms with Crippen LogP contribution >= 0.6 is 11.6 Å². The molecule has 1 aromatic heterocycles. The highest BCUT2D eigenvalue weighted by Crippen LogP contribution is 2.05. The van der Waals surface area contributed by atoms with E-state index in [-0.39, 0.29) is 5.97 Å². The van der Waals surface area contributed by atoms with Gasteiger partial charge in [0, 0.05) is 17.3 Å². The van der Waals surface area contributed by atoms with Crippen molar-refractivity contribution in [3.63, 3.8) is 0 Å². The SMILES string of the molecule is COC(=O)c1ccc(C#CC#Cc2ccc(Cl)nc2)cc1. The standard InChI is InChI=1S/C17H10ClNO2/c1-21-17(20)15-9-6-13(7-10-15)4-2-3-5-14-8-11-16(18)19-12-14/h6-12H,1H3. The molecule has 0 aliphatic heterocycles. The van der Waals surface area contributed by atoms with Gasteiger partial charge in [0.15, 0.2) is 0 Å². The zero-order chi connectivity index (χ0) is 15.1. The van der Waals surface area contributed by atoms with Gasteiger partial charge in [-0.25, -0.2) is 9.78 Å². The maximum atomic E-state index is 11.3. The Morgan fingerprint density at radius 1 is 1.05 bits per heavy atom. The summed E-state index contributed by atoms with van der Waals surface area (Å²) in [5.41, 5.74) is 2.00. The molecule has 2 rings (SSSR count). The fraction of sp³-hybridized carbons (Fsp3) is 0.0588. The smallest absolute Gasteiger partial charge is 0.337 e.